The van der Waals surface area contributed by atoms with Crippen molar-refractivity contribution in [2.45, 2.75) is 44.8 Å². The zero-order chi connectivity index (χ0) is 28.9. The number of hydrogen-bond acceptors (Lipinski definition) is 9. The predicted molar refractivity (Wildman–Crippen MR) is 147 cm³/mol. The first-order chi connectivity index (χ1) is 19.9. The van der Waals surface area contributed by atoms with Crippen molar-refractivity contribution in [3.63, 3.8) is 0 Å². The lowest BCUT2D eigenvalue weighted by Crippen LogP contribution is -2.52. The van der Waals surface area contributed by atoms with Crippen LogP contribution in [0.4, 0.5) is 0 Å². The van der Waals surface area contributed by atoms with E-state index in [2.05, 4.69) is 21.3 Å². The molecule has 12 nitrogen and oxygen atoms in total. The van der Waals surface area contributed by atoms with E-state index in [4.69, 9.17) is 19.6 Å². The fraction of sp³-hybridized carbons (Fsp3) is 0.379. The van der Waals surface area contributed by atoms with Crippen molar-refractivity contribution in [2.75, 3.05) is 26.3 Å². The first-order valence-corrected chi connectivity index (χ1v) is 13.5. The highest BCUT2D eigenvalue weighted by Gasteiger charge is 2.39. The number of ether oxygens (including phenoxy) is 1. The third-order valence-corrected chi connectivity index (χ3v) is 7.50. The monoisotopic (exact) mass is 561 g/mol. The molecule has 1 atom stereocenters. The summed E-state index contributed by atoms with van der Waals surface area (Å²) in [7, 11) is 0. The molecular formula is C29H31N5O7. The van der Waals surface area contributed by atoms with Crippen LogP contribution < -0.4 is 10.1 Å². The number of hydrogen-bond donors (Lipinski definition) is 3. The Bertz CT molecular complexity index is 1490. The van der Waals surface area contributed by atoms with Crippen LogP contribution in [-0.2, 0) is 27.5 Å². The summed E-state index contributed by atoms with van der Waals surface area (Å²) < 4.78 is 5.79. The normalized spacial score (nSPS) is 18.6. The number of likely N-dealkylation sites (tertiary alicyclic amines) is 1. The lowest BCUT2D eigenvalue weighted by atomic mass is 10.0. The number of carboxylic acid groups (broad SMARTS) is 1. The van der Waals surface area contributed by atoms with Gasteiger partial charge in [0, 0.05) is 42.9 Å². The highest BCUT2D eigenvalue weighted by atomic mass is 16.5. The molecule has 5 heterocycles. The van der Waals surface area contributed by atoms with Crippen molar-refractivity contribution >= 4 is 35.2 Å². The Hall–Kier alpha value is -4.42. The number of fused-ring (bicyclic) bond motifs is 2. The maximum Gasteiger partial charge on any atom is 0.290 e. The molecule has 3 N–H and O–H groups in total. The Morgan fingerprint density at radius 2 is 1.88 bits per heavy atom. The number of nitrogens with zero attached hydrogens (tertiary/aromatic N) is 4. The van der Waals surface area contributed by atoms with Crippen LogP contribution in [-0.4, -0.2) is 86.5 Å². The number of pyridine rings is 2. The van der Waals surface area contributed by atoms with E-state index in [1.165, 1.54) is 12.8 Å². The molecule has 3 amide bonds. The summed E-state index contributed by atoms with van der Waals surface area (Å²) in [6.45, 7) is 2.92. The Kier molecular flexibility index (Phi) is 8.50. The lowest BCUT2D eigenvalue weighted by molar-refractivity contribution is -0.137. The van der Waals surface area contributed by atoms with Crippen LogP contribution in [0.5, 0.6) is 5.75 Å². The second-order valence-corrected chi connectivity index (χ2v) is 10.1. The van der Waals surface area contributed by atoms with Gasteiger partial charge >= 0.3 is 0 Å². The minimum atomic E-state index is -0.654. The average Bonchev–Trinajstić information content (AvgIpc) is 3.59. The fourth-order valence-electron chi connectivity index (χ4n) is 5.62. The molecule has 0 saturated carbocycles. The van der Waals surface area contributed by atoms with Crippen molar-refractivity contribution in [3.8, 4) is 17.0 Å². The maximum atomic E-state index is 13.1. The summed E-state index contributed by atoms with van der Waals surface area (Å²) in [5, 5.41) is 18.5. The molecule has 2 aromatic heterocycles. The van der Waals surface area contributed by atoms with Gasteiger partial charge in [-0.25, -0.2) is 4.98 Å². The Morgan fingerprint density at radius 1 is 1.10 bits per heavy atom. The highest BCUT2D eigenvalue weighted by molar-refractivity contribution is 6.05. The lowest BCUT2D eigenvalue weighted by Gasteiger charge is -2.29. The smallest absolute Gasteiger partial charge is 0.290 e. The number of aliphatic hydroxyl groups excluding tert-OH is 1. The average molecular weight is 562 g/mol. The number of aliphatic hydroxyl groups is 1. The number of nitrogens with one attached hydrogen (secondary N) is 1. The second kappa shape index (κ2) is 12.4. The van der Waals surface area contributed by atoms with Gasteiger partial charge in [-0.1, -0.05) is 6.07 Å². The number of benzene rings is 1. The zero-order valence-electron chi connectivity index (χ0n) is 22.4. The summed E-state index contributed by atoms with van der Waals surface area (Å²) in [5.41, 5.74) is 5.42. The van der Waals surface area contributed by atoms with Gasteiger partial charge in [-0.2, -0.15) is 0 Å². The number of amides is 3. The van der Waals surface area contributed by atoms with E-state index in [0.29, 0.717) is 29.8 Å². The van der Waals surface area contributed by atoms with Crippen LogP contribution in [0, 0.1) is 0 Å². The largest absolute Gasteiger partial charge is 0.489 e. The van der Waals surface area contributed by atoms with Crippen LogP contribution in [0.1, 0.15) is 47.2 Å². The van der Waals surface area contributed by atoms with Crippen LogP contribution >= 0.6 is 0 Å². The third kappa shape index (κ3) is 5.88. The van der Waals surface area contributed by atoms with E-state index < -0.39 is 11.9 Å². The Balaban J connectivity index is 0.00000108. The van der Waals surface area contributed by atoms with Crippen molar-refractivity contribution in [1.29, 1.82) is 0 Å². The van der Waals surface area contributed by atoms with E-state index in [1.807, 2.05) is 12.1 Å². The molecule has 12 heteroatoms. The molecule has 0 spiro atoms. The molecule has 214 valence electrons. The van der Waals surface area contributed by atoms with Gasteiger partial charge in [0.25, 0.3) is 12.4 Å². The topological polar surface area (TPSA) is 162 Å². The summed E-state index contributed by atoms with van der Waals surface area (Å²) in [6, 6.07) is 8.78. The standard InChI is InChI=1S/C28H29N5O5.CH2O2/c34-11-12-38-23-7-8-29-25-19(15-32-9-1-2-10-32)14-21(30-26(23)25)17-3-4-20-18(13-17)16-33(28(20)37)22-5-6-24(35)31-27(22)36;2-1-3/h3-4,7-8,13-14,22,34H,1-2,5-6,9-12,15-16H2,(H,31,35,36);1H,(H,2,3). The van der Waals surface area contributed by atoms with Crippen LogP contribution in [0.15, 0.2) is 36.5 Å². The Morgan fingerprint density at radius 3 is 2.61 bits per heavy atom. The SMILES string of the molecule is O=C1CCC(N2Cc3cc(-c4cc(CN5CCCC5)c5nccc(OCCO)c5n4)ccc3C2=O)C(=O)N1.O=CO. The predicted octanol–water partition coefficient (Wildman–Crippen LogP) is 1.73. The molecule has 41 heavy (non-hydrogen) atoms. The number of imide groups is 1. The fourth-order valence-corrected chi connectivity index (χ4v) is 5.62. The van der Waals surface area contributed by atoms with E-state index in [9.17, 15) is 19.5 Å². The van der Waals surface area contributed by atoms with Gasteiger partial charge in [0.1, 0.15) is 23.9 Å². The number of aromatic nitrogens is 2. The van der Waals surface area contributed by atoms with Gasteiger partial charge in [-0.3, -0.25) is 34.4 Å². The van der Waals surface area contributed by atoms with E-state index in [-0.39, 0.29) is 37.9 Å². The molecule has 3 aliphatic heterocycles. The summed E-state index contributed by atoms with van der Waals surface area (Å²) in [4.78, 5) is 59.0. The molecule has 1 unspecified atom stereocenters. The molecule has 2 fully saturated rings. The molecule has 0 bridgehead atoms. The number of carbonyl (C=O) groups excluding carboxylic acids is 3. The van der Waals surface area contributed by atoms with Crippen LogP contribution in [0.25, 0.3) is 22.3 Å². The first kappa shape index (κ1) is 28.1. The molecule has 1 aromatic carbocycles. The van der Waals surface area contributed by atoms with Crippen molar-refractivity contribution < 1.29 is 34.1 Å². The number of rotatable bonds is 7. The van der Waals surface area contributed by atoms with Gasteiger partial charge in [0.05, 0.1) is 17.8 Å². The Labute approximate surface area is 235 Å². The molecule has 6 rings (SSSR count). The molecule has 0 radical (unpaired) electrons. The van der Waals surface area contributed by atoms with Crippen molar-refractivity contribution in [1.82, 2.24) is 25.1 Å². The van der Waals surface area contributed by atoms with E-state index in [0.717, 1.165) is 47.5 Å². The van der Waals surface area contributed by atoms with Crippen LogP contribution in [0.3, 0.4) is 0 Å². The van der Waals surface area contributed by atoms with Crippen molar-refractivity contribution in [3.05, 3.63) is 53.2 Å². The van der Waals surface area contributed by atoms with Crippen LogP contribution in [0.2, 0.25) is 0 Å². The summed E-state index contributed by atoms with van der Waals surface area (Å²) in [6.07, 6.45) is 4.60. The minimum absolute atomic E-state index is 0.104. The molecule has 3 aliphatic rings. The van der Waals surface area contributed by atoms with Crippen molar-refractivity contribution in [2.24, 2.45) is 0 Å². The highest BCUT2D eigenvalue weighted by Crippen LogP contribution is 2.34. The molecule has 3 aromatic rings. The van der Waals surface area contributed by atoms with Gasteiger partial charge < -0.3 is 19.8 Å². The zero-order valence-corrected chi connectivity index (χ0v) is 22.4. The van der Waals surface area contributed by atoms with E-state index in [1.54, 1.807) is 23.2 Å². The number of carbonyl (C=O) groups is 4. The first-order valence-electron chi connectivity index (χ1n) is 13.5. The summed E-state index contributed by atoms with van der Waals surface area (Å²) in [5.74, 6) is -0.366. The number of piperidine rings is 1. The molecule has 2 saturated heterocycles. The maximum absolute atomic E-state index is 13.1. The van der Waals surface area contributed by atoms with Gasteiger partial charge in [-0.15, -0.1) is 0 Å². The quantitative estimate of drug-likeness (QED) is 0.286. The van der Waals surface area contributed by atoms with E-state index >= 15 is 0 Å². The molecule has 0 aliphatic carbocycles. The van der Waals surface area contributed by atoms with Gasteiger partial charge in [0.2, 0.25) is 11.8 Å². The molecular weight excluding hydrogens is 530 g/mol. The minimum Gasteiger partial charge on any atom is -0.489 e. The van der Waals surface area contributed by atoms with Gasteiger partial charge in [0.15, 0.2) is 0 Å². The third-order valence-electron chi connectivity index (χ3n) is 7.50. The summed E-state index contributed by atoms with van der Waals surface area (Å²) >= 11 is 0. The second-order valence-electron chi connectivity index (χ2n) is 10.1. The van der Waals surface area contributed by atoms with Gasteiger partial charge in [-0.05, 0) is 61.7 Å².